The number of hydrogen-bond acceptors (Lipinski definition) is 1. The second-order valence-corrected chi connectivity index (χ2v) is 4.14. The molecule has 0 radical (unpaired) electrons. The van der Waals surface area contributed by atoms with Crippen molar-refractivity contribution in [1.29, 1.82) is 0 Å². The Morgan fingerprint density at radius 3 is 2.28 bits per heavy atom. The average Bonchev–Trinajstić information content (AvgIpc) is 2.25. The van der Waals surface area contributed by atoms with Crippen LogP contribution < -0.4 is 5.73 Å². The highest BCUT2D eigenvalue weighted by Crippen LogP contribution is 2.36. The molecule has 0 fully saturated rings. The lowest BCUT2D eigenvalue weighted by atomic mass is 9.90. The lowest BCUT2D eigenvalue weighted by Crippen LogP contribution is -2.23. The molecule has 0 spiro atoms. The molecule has 2 atom stereocenters. The molecule has 0 aliphatic heterocycles. The highest BCUT2D eigenvalue weighted by Gasteiger charge is 2.35. The fourth-order valence-corrected chi connectivity index (χ4v) is 1.63. The van der Waals surface area contributed by atoms with E-state index in [1.165, 1.54) is 0 Å². The molecule has 0 aliphatic carbocycles. The van der Waals surface area contributed by atoms with Gasteiger partial charge in [0.1, 0.15) is 5.82 Å². The van der Waals surface area contributed by atoms with Gasteiger partial charge < -0.3 is 5.73 Å². The SMILES string of the molecule is CCC(C)[C@@H](N)c1ccc(F)cc1C(F)(F)F.Cl. The minimum Gasteiger partial charge on any atom is -0.324 e. The Hall–Kier alpha value is -0.810. The number of rotatable bonds is 3. The lowest BCUT2D eigenvalue weighted by Gasteiger charge is -2.22. The zero-order valence-corrected chi connectivity index (χ0v) is 10.9. The smallest absolute Gasteiger partial charge is 0.324 e. The molecule has 0 saturated carbocycles. The molecule has 104 valence electrons. The Labute approximate surface area is 110 Å². The fourth-order valence-electron chi connectivity index (χ4n) is 1.63. The number of alkyl halides is 3. The Morgan fingerprint density at radius 2 is 1.83 bits per heavy atom. The van der Waals surface area contributed by atoms with Crippen LogP contribution in [0.2, 0.25) is 0 Å². The largest absolute Gasteiger partial charge is 0.416 e. The molecule has 0 aromatic heterocycles. The van der Waals surface area contributed by atoms with Crippen LogP contribution in [0, 0.1) is 11.7 Å². The number of nitrogens with two attached hydrogens (primary N) is 1. The second kappa shape index (κ2) is 6.38. The molecule has 1 aromatic carbocycles. The van der Waals surface area contributed by atoms with E-state index >= 15 is 0 Å². The van der Waals surface area contributed by atoms with Gasteiger partial charge in [0.15, 0.2) is 0 Å². The monoisotopic (exact) mass is 285 g/mol. The summed E-state index contributed by atoms with van der Waals surface area (Å²) in [6.45, 7) is 3.62. The molecule has 0 heterocycles. The predicted molar refractivity (Wildman–Crippen MR) is 65.0 cm³/mol. The zero-order valence-electron chi connectivity index (χ0n) is 10.1. The molecule has 0 saturated heterocycles. The average molecular weight is 286 g/mol. The van der Waals surface area contributed by atoms with Crippen LogP contribution in [0.15, 0.2) is 18.2 Å². The van der Waals surface area contributed by atoms with Crippen LogP contribution in [0.25, 0.3) is 0 Å². The summed E-state index contributed by atoms with van der Waals surface area (Å²) in [5, 5.41) is 0. The van der Waals surface area contributed by atoms with Crippen molar-refractivity contribution in [2.24, 2.45) is 11.7 Å². The van der Waals surface area contributed by atoms with E-state index in [2.05, 4.69) is 0 Å². The lowest BCUT2D eigenvalue weighted by molar-refractivity contribution is -0.138. The molecule has 0 amide bonds. The maximum absolute atomic E-state index is 12.9. The number of benzene rings is 1. The van der Waals surface area contributed by atoms with Gasteiger partial charge in [-0.2, -0.15) is 13.2 Å². The van der Waals surface area contributed by atoms with Gasteiger partial charge in [0, 0.05) is 6.04 Å². The molecule has 6 heteroatoms. The number of halogens is 5. The van der Waals surface area contributed by atoms with Gasteiger partial charge in [-0.1, -0.05) is 26.3 Å². The van der Waals surface area contributed by atoms with E-state index in [-0.39, 0.29) is 23.9 Å². The minimum absolute atomic E-state index is 0. The van der Waals surface area contributed by atoms with Crippen molar-refractivity contribution >= 4 is 12.4 Å². The number of hydrogen-bond donors (Lipinski definition) is 1. The van der Waals surface area contributed by atoms with Crippen molar-refractivity contribution < 1.29 is 17.6 Å². The van der Waals surface area contributed by atoms with E-state index in [4.69, 9.17) is 5.73 Å². The van der Waals surface area contributed by atoms with Crippen LogP contribution in [0.5, 0.6) is 0 Å². The highest BCUT2D eigenvalue weighted by molar-refractivity contribution is 5.85. The summed E-state index contributed by atoms with van der Waals surface area (Å²) in [5.74, 6) is -1.00. The maximum atomic E-state index is 12.9. The highest BCUT2D eigenvalue weighted by atomic mass is 35.5. The molecule has 1 unspecified atom stereocenters. The van der Waals surface area contributed by atoms with Crippen LogP contribution in [-0.4, -0.2) is 0 Å². The van der Waals surface area contributed by atoms with Crippen LogP contribution in [0.3, 0.4) is 0 Å². The van der Waals surface area contributed by atoms with E-state index in [1.54, 1.807) is 6.92 Å². The first-order chi connectivity index (χ1) is 7.77. The minimum atomic E-state index is -4.58. The van der Waals surface area contributed by atoms with Crippen LogP contribution in [0.4, 0.5) is 17.6 Å². The molecule has 1 nitrogen and oxygen atoms in total. The third-order valence-electron chi connectivity index (χ3n) is 2.94. The molecule has 18 heavy (non-hydrogen) atoms. The van der Waals surface area contributed by atoms with Gasteiger partial charge in [0.2, 0.25) is 0 Å². The first kappa shape index (κ1) is 17.2. The van der Waals surface area contributed by atoms with Crippen molar-refractivity contribution in [2.45, 2.75) is 32.5 Å². The van der Waals surface area contributed by atoms with Gasteiger partial charge in [-0.25, -0.2) is 4.39 Å². The second-order valence-electron chi connectivity index (χ2n) is 4.14. The van der Waals surface area contributed by atoms with Crippen LogP contribution in [-0.2, 0) is 6.18 Å². The first-order valence-electron chi connectivity index (χ1n) is 5.39. The standard InChI is InChI=1S/C12H15F4N.ClH/c1-3-7(2)11(17)9-5-4-8(13)6-10(9)12(14,15)16;/h4-7,11H,3,17H2,1-2H3;1H/t7?,11-;/m1./s1. The van der Waals surface area contributed by atoms with Gasteiger partial charge >= 0.3 is 6.18 Å². The first-order valence-corrected chi connectivity index (χ1v) is 5.39. The van der Waals surface area contributed by atoms with Crippen molar-refractivity contribution in [2.75, 3.05) is 0 Å². The van der Waals surface area contributed by atoms with Crippen molar-refractivity contribution in [3.8, 4) is 0 Å². The third-order valence-corrected chi connectivity index (χ3v) is 2.94. The fraction of sp³-hybridized carbons (Fsp3) is 0.500. The third kappa shape index (κ3) is 3.85. The Balaban J connectivity index is 0.00000289. The summed E-state index contributed by atoms with van der Waals surface area (Å²) in [5.41, 5.74) is 4.75. The predicted octanol–water partition coefficient (Wildman–Crippen LogP) is 4.31. The summed E-state index contributed by atoms with van der Waals surface area (Å²) < 4.78 is 51.1. The summed E-state index contributed by atoms with van der Waals surface area (Å²) in [6.07, 6.45) is -3.92. The van der Waals surface area contributed by atoms with E-state index in [1.807, 2.05) is 6.92 Å². The van der Waals surface area contributed by atoms with E-state index < -0.39 is 23.6 Å². The zero-order chi connectivity index (χ0) is 13.2. The van der Waals surface area contributed by atoms with E-state index in [9.17, 15) is 17.6 Å². The van der Waals surface area contributed by atoms with Gasteiger partial charge in [0.25, 0.3) is 0 Å². The summed E-state index contributed by atoms with van der Waals surface area (Å²) in [6, 6.07) is 1.89. The van der Waals surface area contributed by atoms with Crippen LogP contribution in [0.1, 0.15) is 37.4 Å². The Bertz CT molecular complexity index is 392. The summed E-state index contributed by atoms with van der Waals surface area (Å²) in [7, 11) is 0. The quantitative estimate of drug-likeness (QED) is 0.823. The normalized spacial score (nSPS) is 14.8. The molecular weight excluding hydrogens is 270 g/mol. The van der Waals surface area contributed by atoms with Crippen molar-refractivity contribution in [3.05, 3.63) is 35.1 Å². The Kier molecular flexibility index (Phi) is 6.10. The van der Waals surface area contributed by atoms with Gasteiger partial charge in [-0.05, 0) is 23.6 Å². The van der Waals surface area contributed by atoms with Gasteiger partial charge in [0.05, 0.1) is 5.56 Å². The molecular formula is C12H16ClF4N. The Morgan fingerprint density at radius 1 is 1.28 bits per heavy atom. The molecule has 0 bridgehead atoms. The van der Waals surface area contributed by atoms with Crippen molar-refractivity contribution in [3.63, 3.8) is 0 Å². The van der Waals surface area contributed by atoms with Gasteiger partial charge in [-0.15, -0.1) is 12.4 Å². The molecule has 0 aliphatic rings. The summed E-state index contributed by atoms with van der Waals surface area (Å²) in [4.78, 5) is 0. The van der Waals surface area contributed by atoms with E-state index in [0.717, 1.165) is 12.1 Å². The maximum Gasteiger partial charge on any atom is 0.416 e. The van der Waals surface area contributed by atoms with E-state index in [0.29, 0.717) is 12.5 Å². The topological polar surface area (TPSA) is 26.0 Å². The van der Waals surface area contributed by atoms with Gasteiger partial charge in [-0.3, -0.25) is 0 Å². The molecule has 2 N–H and O–H groups in total. The molecule has 1 aromatic rings. The molecule has 1 rings (SSSR count). The van der Waals surface area contributed by atoms with Crippen LogP contribution >= 0.6 is 12.4 Å². The van der Waals surface area contributed by atoms with Crippen molar-refractivity contribution in [1.82, 2.24) is 0 Å². The summed E-state index contributed by atoms with van der Waals surface area (Å²) >= 11 is 0.